The fourth-order valence-corrected chi connectivity index (χ4v) is 1.17. The zero-order chi connectivity index (χ0) is 14.5. The highest BCUT2D eigenvalue weighted by Crippen LogP contribution is 2.19. The standard InChI is InChI=1S/C11H14N4O4/c1-11(2,9(17)18)3-8(16)15-10(19)14-7-4-12-6-13-5-7/h4-6H,3H2,1-2H3,(H,17,18)(H2,14,15,16,19). The first kappa shape index (κ1) is 14.6. The van der Waals surface area contributed by atoms with E-state index in [0.29, 0.717) is 5.69 Å². The van der Waals surface area contributed by atoms with Crippen LogP contribution in [0.25, 0.3) is 0 Å². The normalized spacial score (nSPS) is 10.6. The summed E-state index contributed by atoms with van der Waals surface area (Å²) in [6, 6.07) is -0.763. The minimum absolute atomic E-state index is 0.305. The topological polar surface area (TPSA) is 121 Å². The van der Waals surface area contributed by atoms with E-state index in [4.69, 9.17) is 5.11 Å². The molecule has 8 nitrogen and oxygen atoms in total. The lowest BCUT2D eigenvalue weighted by Gasteiger charge is -2.17. The van der Waals surface area contributed by atoms with Crippen LogP contribution in [0, 0.1) is 5.41 Å². The van der Waals surface area contributed by atoms with E-state index in [0.717, 1.165) is 0 Å². The quantitative estimate of drug-likeness (QED) is 0.734. The Morgan fingerprint density at radius 3 is 2.37 bits per heavy atom. The van der Waals surface area contributed by atoms with Crippen molar-refractivity contribution < 1.29 is 19.5 Å². The van der Waals surface area contributed by atoms with Gasteiger partial charge in [0.15, 0.2) is 0 Å². The molecule has 0 fully saturated rings. The first-order valence-corrected chi connectivity index (χ1v) is 5.40. The van der Waals surface area contributed by atoms with Crippen molar-refractivity contribution >= 4 is 23.6 Å². The average molecular weight is 266 g/mol. The molecule has 0 aliphatic carbocycles. The maximum Gasteiger partial charge on any atom is 0.325 e. The minimum Gasteiger partial charge on any atom is -0.481 e. The number of carbonyl (C=O) groups excluding carboxylic acids is 2. The van der Waals surface area contributed by atoms with Gasteiger partial charge in [-0.25, -0.2) is 14.8 Å². The van der Waals surface area contributed by atoms with Crippen LogP contribution in [0.5, 0.6) is 0 Å². The number of imide groups is 1. The fraction of sp³-hybridized carbons (Fsp3) is 0.364. The van der Waals surface area contributed by atoms with Gasteiger partial charge in [0, 0.05) is 6.42 Å². The number of carbonyl (C=O) groups is 3. The number of carboxylic acids is 1. The van der Waals surface area contributed by atoms with Crippen LogP contribution >= 0.6 is 0 Å². The van der Waals surface area contributed by atoms with Crippen LogP contribution < -0.4 is 10.6 Å². The molecule has 0 atom stereocenters. The summed E-state index contributed by atoms with van der Waals surface area (Å²) in [6.45, 7) is 2.80. The number of hydrogen-bond acceptors (Lipinski definition) is 5. The van der Waals surface area contributed by atoms with Gasteiger partial charge in [-0.2, -0.15) is 0 Å². The molecule has 3 amide bonds. The third-order valence-corrected chi connectivity index (χ3v) is 2.25. The van der Waals surface area contributed by atoms with E-state index >= 15 is 0 Å². The van der Waals surface area contributed by atoms with Crippen molar-refractivity contribution in [1.82, 2.24) is 15.3 Å². The minimum atomic E-state index is -1.24. The highest BCUT2D eigenvalue weighted by molar-refractivity contribution is 6.01. The number of rotatable bonds is 4. The van der Waals surface area contributed by atoms with Gasteiger partial charge in [0.1, 0.15) is 6.33 Å². The molecule has 0 bridgehead atoms. The summed E-state index contributed by atoms with van der Waals surface area (Å²) in [6.07, 6.45) is 3.71. The van der Waals surface area contributed by atoms with Crippen LogP contribution in [0.4, 0.5) is 10.5 Å². The Morgan fingerprint density at radius 2 is 1.84 bits per heavy atom. The van der Waals surface area contributed by atoms with Crippen molar-refractivity contribution in [2.75, 3.05) is 5.32 Å². The van der Waals surface area contributed by atoms with Crippen LogP contribution in [-0.4, -0.2) is 33.0 Å². The fourth-order valence-electron chi connectivity index (χ4n) is 1.17. The summed E-state index contributed by atoms with van der Waals surface area (Å²) in [7, 11) is 0. The number of nitrogens with one attached hydrogen (secondary N) is 2. The molecule has 0 radical (unpaired) electrons. The molecular weight excluding hydrogens is 252 g/mol. The van der Waals surface area contributed by atoms with Crippen LogP contribution in [-0.2, 0) is 9.59 Å². The summed E-state index contributed by atoms with van der Waals surface area (Å²) in [4.78, 5) is 41.1. The van der Waals surface area contributed by atoms with Crippen molar-refractivity contribution in [3.63, 3.8) is 0 Å². The predicted octanol–water partition coefficient (Wildman–Crippen LogP) is 0.626. The van der Waals surface area contributed by atoms with Crippen LogP contribution in [0.3, 0.4) is 0 Å². The number of hydrogen-bond donors (Lipinski definition) is 3. The van der Waals surface area contributed by atoms with Crippen LogP contribution in [0.15, 0.2) is 18.7 Å². The van der Waals surface area contributed by atoms with Crippen LogP contribution in [0.2, 0.25) is 0 Å². The molecule has 3 N–H and O–H groups in total. The molecule has 8 heteroatoms. The van der Waals surface area contributed by atoms with Crippen molar-refractivity contribution in [2.24, 2.45) is 5.41 Å². The molecule has 19 heavy (non-hydrogen) atoms. The lowest BCUT2D eigenvalue weighted by Crippen LogP contribution is -2.38. The van der Waals surface area contributed by atoms with E-state index in [2.05, 4.69) is 15.3 Å². The predicted molar refractivity (Wildman–Crippen MR) is 65.2 cm³/mol. The van der Waals surface area contributed by atoms with Crippen LogP contribution in [0.1, 0.15) is 20.3 Å². The summed E-state index contributed by atoms with van der Waals surface area (Å²) < 4.78 is 0. The highest BCUT2D eigenvalue weighted by atomic mass is 16.4. The van der Waals surface area contributed by atoms with E-state index < -0.39 is 23.3 Å². The van der Waals surface area contributed by atoms with E-state index in [1.807, 2.05) is 5.32 Å². The first-order chi connectivity index (χ1) is 8.81. The summed E-state index contributed by atoms with van der Waals surface area (Å²) in [5.74, 6) is -1.79. The Kier molecular flexibility index (Phi) is 4.51. The molecule has 0 unspecified atom stereocenters. The second-order valence-electron chi connectivity index (χ2n) is 4.50. The Balaban J connectivity index is 2.49. The van der Waals surface area contributed by atoms with Gasteiger partial charge in [0.25, 0.3) is 0 Å². The Morgan fingerprint density at radius 1 is 1.26 bits per heavy atom. The second kappa shape index (κ2) is 5.89. The summed E-state index contributed by atoms with van der Waals surface area (Å²) in [5, 5.41) is 13.2. The number of anilines is 1. The smallest absolute Gasteiger partial charge is 0.325 e. The van der Waals surface area contributed by atoms with E-state index in [1.54, 1.807) is 0 Å². The van der Waals surface area contributed by atoms with Crippen molar-refractivity contribution in [3.05, 3.63) is 18.7 Å². The molecule has 0 aliphatic heterocycles. The lowest BCUT2D eigenvalue weighted by molar-refractivity contribution is -0.149. The molecule has 0 saturated carbocycles. The second-order valence-corrected chi connectivity index (χ2v) is 4.50. The Labute approximate surface area is 109 Å². The zero-order valence-electron chi connectivity index (χ0n) is 10.5. The summed E-state index contributed by atoms with van der Waals surface area (Å²) in [5.41, 5.74) is -0.912. The van der Waals surface area contributed by atoms with Gasteiger partial charge in [-0.1, -0.05) is 0 Å². The molecule has 0 saturated heterocycles. The molecule has 0 spiro atoms. The van der Waals surface area contributed by atoms with Gasteiger partial charge in [-0.05, 0) is 13.8 Å². The molecule has 1 aromatic rings. The maximum atomic E-state index is 11.5. The van der Waals surface area contributed by atoms with Gasteiger partial charge in [-0.3, -0.25) is 14.9 Å². The number of carboxylic acid groups (broad SMARTS) is 1. The number of urea groups is 1. The average Bonchev–Trinajstić information content (AvgIpc) is 2.28. The van der Waals surface area contributed by atoms with Gasteiger partial charge >= 0.3 is 12.0 Å². The van der Waals surface area contributed by atoms with Gasteiger partial charge in [0.2, 0.25) is 5.91 Å². The number of aliphatic carboxylic acids is 1. The first-order valence-electron chi connectivity index (χ1n) is 5.40. The highest BCUT2D eigenvalue weighted by Gasteiger charge is 2.30. The molecule has 1 rings (SSSR count). The Hall–Kier alpha value is -2.51. The van der Waals surface area contributed by atoms with Gasteiger partial charge < -0.3 is 10.4 Å². The van der Waals surface area contributed by atoms with E-state index in [9.17, 15) is 14.4 Å². The summed E-state index contributed by atoms with van der Waals surface area (Å²) >= 11 is 0. The van der Waals surface area contributed by atoms with Crippen molar-refractivity contribution in [2.45, 2.75) is 20.3 Å². The van der Waals surface area contributed by atoms with Gasteiger partial charge in [-0.15, -0.1) is 0 Å². The maximum absolute atomic E-state index is 11.5. The van der Waals surface area contributed by atoms with E-state index in [-0.39, 0.29) is 6.42 Å². The molecule has 0 aliphatic rings. The van der Waals surface area contributed by atoms with E-state index in [1.165, 1.54) is 32.6 Å². The largest absolute Gasteiger partial charge is 0.481 e. The molecule has 1 heterocycles. The zero-order valence-corrected chi connectivity index (χ0v) is 10.5. The number of aromatic nitrogens is 2. The van der Waals surface area contributed by atoms with Crippen molar-refractivity contribution in [1.29, 1.82) is 0 Å². The SMILES string of the molecule is CC(C)(CC(=O)NC(=O)Nc1cncnc1)C(=O)O. The number of amides is 3. The van der Waals surface area contributed by atoms with Crippen molar-refractivity contribution in [3.8, 4) is 0 Å². The Bertz CT molecular complexity index is 487. The third-order valence-electron chi connectivity index (χ3n) is 2.25. The lowest BCUT2D eigenvalue weighted by atomic mass is 9.89. The molecule has 102 valence electrons. The third kappa shape index (κ3) is 4.70. The molecule has 1 aromatic heterocycles. The van der Waals surface area contributed by atoms with Gasteiger partial charge in [0.05, 0.1) is 23.5 Å². The number of nitrogens with zero attached hydrogens (tertiary/aromatic N) is 2. The monoisotopic (exact) mass is 266 g/mol. The molecular formula is C11H14N4O4. The molecule has 0 aromatic carbocycles.